The standard InChI is InChI=1S/C11H19N5O2/c1-7-10(16(17)18)11(15(2)14-7)13-9-5-3-8(12)4-6-9/h8-9,13H,3-6,12H2,1-2H3. The van der Waals surface area contributed by atoms with Gasteiger partial charge in [0, 0.05) is 19.1 Å². The summed E-state index contributed by atoms with van der Waals surface area (Å²) < 4.78 is 1.54. The van der Waals surface area contributed by atoms with Gasteiger partial charge in [0.05, 0.1) is 4.92 Å². The molecule has 0 spiro atoms. The van der Waals surface area contributed by atoms with Crippen LogP contribution in [0.4, 0.5) is 11.5 Å². The maximum absolute atomic E-state index is 11.0. The van der Waals surface area contributed by atoms with Crippen molar-refractivity contribution in [1.82, 2.24) is 9.78 Å². The molecule has 1 aromatic heterocycles. The molecule has 0 atom stereocenters. The smallest absolute Gasteiger partial charge is 0.333 e. The largest absolute Gasteiger partial charge is 0.362 e. The van der Waals surface area contributed by atoms with E-state index in [1.54, 1.807) is 18.7 Å². The summed E-state index contributed by atoms with van der Waals surface area (Å²) in [6.07, 6.45) is 3.82. The van der Waals surface area contributed by atoms with Gasteiger partial charge in [0.1, 0.15) is 5.69 Å². The Kier molecular flexibility index (Phi) is 3.51. The van der Waals surface area contributed by atoms with E-state index >= 15 is 0 Å². The van der Waals surface area contributed by atoms with Gasteiger partial charge in [-0.3, -0.25) is 10.1 Å². The molecule has 1 heterocycles. The highest BCUT2D eigenvalue weighted by molar-refractivity contribution is 5.59. The molecular formula is C11H19N5O2. The molecule has 0 radical (unpaired) electrons. The number of aromatic nitrogens is 2. The zero-order valence-electron chi connectivity index (χ0n) is 10.7. The lowest BCUT2D eigenvalue weighted by Gasteiger charge is -2.27. The van der Waals surface area contributed by atoms with Crippen molar-refractivity contribution >= 4 is 11.5 Å². The van der Waals surface area contributed by atoms with Gasteiger partial charge in [0.15, 0.2) is 0 Å². The van der Waals surface area contributed by atoms with Crippen molar-refractivity contribution in [2.24, 2.45) is 12.8 Å². The first-order valence-electron chi connectivity index (χ1n) is 6.19. The number of nitro groups is 1. The van der Waals surface area contributed by atoms with Crippen molar-refractivity contribution in [2.45, 2.75) is 44.7 Å². The molecule has 0 bridgehead atoms. The average molecular weight is 253 g/mol. The van der Waals surface area contributed by atoms with Crippen molar-refractivity contribution in [3.8, 4) is 0 Å². The minimum Gasteiger partial charge on any atom is -0.362 e. The first-order valence-corrected chi connectivity index (χ1v) is 6.19. The summed E-state index contributed by atoms with van der Waals surface area (Å²) in [6.45, 7) is 1.65. The maximum atomic E-state index is 11.0. The Morgan fingerprint density at radius 2 is 2.06 bits per heavy atom. The van der Waals surface area contributed by atoms with Crippen LogP contribution in [-0.4, -0.2) is 26.8 Å². The molecule has 7 heteroatoms. The number of rotatable bonds is 3. The van der Waals surface area contributed by atoms with Gasteiger partial charge >= 0.3 is 5.69 Å². The molecule has 0 aliphatic heterocycles. The quantitative estimate of drug-likeness (QED) is 0.625. The van der Waals surface area contributed by atoms with E-state index in [9.17, 15) is 10.1 Å². The van der Waals surface area contributed by atoms with Gasteiger partial charge < -0.3 is 11.1 Å². The van der Waals surface area contributed by atoms with E-state index in [1.165, 1.54) is 0 Å². The normalized spacial score (nSPS) is 23.9. The zero-order chi connectivity index (χ0) is 13.3. The molecule has 1 aromatic rings. The Morgan fingerprint density at radius 1 is 1.44 bits per heavy atom. The average Bonchev–Trinajstić information content (AvgIpc) is 2.57. The SMILES string of the molecule is Cc1nn(C)c(NC2CCC(N)CC2)c1[N+](=O)[O-]. The van der Waals surface area contributed by atoms with Crippen molar-refractivity contribution in [3.63, 3.8) is 0 Å². The molecule has 2 rings (SSSR count). The number of nitrogens with two attached hydrogens (primary N) is 1. The fourth-order valence-corrected chi connectivity index (χ4v) is 2.48. The highest BCUT2D eigenvalue weighted by atomic mass is 16.6. The van der Waals surface area contributed by atoms with Crippen LogP contribution in [0.1, 0.15) is 31.4 Å². The Bertz CT molecular complexity index is 449. The van der Waals surface area contributed by atoms with Crippen molar-refractivity contribution < 1.29 is 4.92 Å². The lowest BCUT2D eigenvalue weighted by molar-refractivity contribution is -0.384. The fraction of sp³-hybridized carbons (Fsp3) is 0.727. The number of nitrogens with one attached hydrogen (secondary N) is 1. The molecule has 1 fully saturated rings. The van der Waals surface area contributed by atoms with Crippen molar-refractivity contribution in [2.75, 3.05) is 5.32 Å². The molecule has 1 saturated carbocycles. The monoisotopic (exact) mass is 253 g/mol. The van der Waals surface area contributed by atoms with Crippen LogP contribution in [0.5, 0.6) is 0 Å². The minimum atomic E-state index is -0.376. The van der Waals surface area contributed by atoms with Crippen molar-refractivity contribution in [3.05, 3.63) is 15.8 Å². The van der Waals surface area contributed by atoms with Gasteiger partial charge in [-0.05, 0) is 32.6 Å². The van der Waals surface area contributed by atoms with E-state index in [0.29, 0.717) is 11.5 Å². The second kappa shape index (κ2) is 4.93. The first-order chi connectivity index (χ1) is 8.49. The molecule has 100 valence electrons. The lowest BCUT2D eigenvalue weighted by Crippen LogP contribution is -2.33. The number of anilines is 1. The van der Waals surface area contributed by atoms with Crippen LogP contribution in [0.3, 0.4) is 0 Å². The molecule has 3 N–H and O–H groups in total. The third kappa shape index (κ3) is 2.45. The van der Waals surface area contributed by atoms with Crippen LogP contribution < -0.4 is 11.1 Å². The Labute approximate surface area is 105 Å². The highest BCUT2D eigenvalue weighted by Gasteiger charge is 2.27. The summed E-state index contributed by atoms with van der Waals surface area (Å²) in [6, 6.07) is 0.518. The number of hydrogen-bond donors (Lipinski definition) is 2. The Balaban J connectivity index is 2.16. The van der Waals surface area contributed by atoms with E-state index in [0.717, 1.165) is 25.7 Å². The summed E-state index contributed by atoms with van der Waals surface area (Å²) in [5, 5.41) is 18.4. The van der Waals surface area contributed by atoms with Gasteiger partial charge in [0.2, 0.25) is 5.82 Å². The van der Waals surface area contributed by atoms with Crippen LogP contribution in [0.25, 0.3) is 0 Å². The predicted molar refractivity (Wildman–Crippen MR) is 68.5 cm³/mol. The zero-order valence-corrected chi connectivity index (χ0v) is 10.7. The summed E-state index contributed by atoms with van der Waals surface area (Å²) in [4.78, 5) is 10.7. The topological polar surface area (TPSA) is 99.0 Å². The second-order valence-corrected chi connectivity index (χ2v) is 4.92. The van der Waals surface area contributed by atoms with E-state index in [4.69, 9.17) is 5.73 Å². The summed E-state index contributed by atoms with van der Waals surface area (Å²) in [5.41, 5.74) is 6.37. The van der Waals surface area contributed by atoms with Gasteiger partial charge in [-0.2, -0.15) is 5.10 Å². The van der Waals surface area contributed by atoms with E-state index in [-0.39, 0.29) is 22.7 Å². The molecule has 1 aliphatic rings. The van der Waals surface area contributed by atoms with E-state index in [1.807, 2.05) is 0 Å². The molecule has 1 aliphatic carbocycles. The van der Waals surface area contributed by atoms with E-state index < -0.39 is 0 Å². The number of hydrogen-bond acceptors (Lipinski definition) is 5. The number of aryl methyl sites for hydroxylation is 2. The summed E-state index contributed by atoms with van der Waals surface area (Å²) in [7, 11) is 1.72. The fourth-order valence-electron chi connectivity index (χ4n) is 2.48. The molecular weight excluding hydrogens is 234 g/mol. The van der Waals surface area contributed by atoms with Gasteiger partial charge in [-0.15, -0.1) is 0 Å². The van der Waals surface area contributed by atoms with Crippen LogP contribution in [-0.2, 0) is 7.05 Å². The first kappa shape index (κ1) is 12.8. The van der Waals surface area contributed by atoms with Crippen LogP contribution in [0, 0.1) is 17.0 Å². The number of nitrogens with zero attached hydrogens (tertiary/aromatic N) is 3. The van der Waals surface area contributed by atoms with Crippen LogP contribution >= 0.6 is 0 Å². The summed E-state index contributed by atoms with van der Waals surface area (Å²) in [5.74, 6) is 0.498. The molecule has 18 heavy (non-hydrogen) atoms. The minimum absolute atomic E-state index is 0.0763. The van der Waals surface area contributed by atoms with Gasteiger partial charge in [0.25, 0.3) is 0 Å². The molecule has 0 aromatic carbocycles. The third-order valence-corrected chi connectivity index (χ3v) is 3.49. The molecule has 0 saturated heterocycles. The second-order valence-electron chi connectivity index (χ2n) is 4.92. The van der Waals surface area contributed by atoms with Crippen molar-refractivity contribution in [1.29, 1.82) is 0 Å². The maximum Gasteiger partial charge on any atom is 0.333 e. The summed E-state index contributed by atoms with van der Waals surface area (Å²) >= 11 is 0. The Hall–Kier alpha value is -1.63. The lowest BCUT2D eigenvalue weighted by atomic mass is 9.92. The highest BCUT2D eigenvalue weighted by Crippen LogP contribution is 2.30. The predicted octanol–water partition coefficient (Wildman–Crippen LogP) is 1.32. The molecule has 7 nitrogen and oxygen atoms in total. The van der Waals surface area contributed by atoms with Gasteiger partial charge in [-0.25, -0.2) is 4.68 Å². The van der Waals surface area contributed by atoms with Crippen LogP contribution in [0.15, 0.2) is 0 Å². The van der Waals surface area contributed by atoms with Gasteiger partial charge in [-0.1, -0.05) is 0 Å². The Morgan fingerprint density at radius 3 is 2.61 bits per heavy atom. The van der Waals surface area contributed by atoms with Crippen LogP contribution in [0.2, 0.25) is 0 Å². The molecule has 0 amide bonds. The third-order valence-electron chi connectivity index (χ3n) is 3.49. The molecule has 0 unspecified atom stereocenters. The van der Waals surface area contributed by atoms with E-state index in [2.05, 4.69) is 10.4 Å².